The van der Waals surface area contributed by atoms with Crippen LogP contribution in [-0.2, 0) is 0 Å². The Kier molecular flexibility index (Phi) is 7.67. The van der Waals surface area contributed by atoms with Gasteiger partial charge in [0.05, 0.1) is 0 Å². The van der Waals surface area contributed by atoms with Crippen molar-refractivity contribution < 1.29 is 0 Å². The molecule has 52 heavy (non-hydrogen) atoms. The van der Waals surface area contributed by atoms with Gasteiger partial charge in [-0.25, -0.2) is 0 Å². The molecule has 0 saturated heterocycles. The van der Waals surface area contributed by atoms with E-state index in [1.54, 1.807) is 0 Å². The Morgan fingerprint density at radius 3 is 2.04 bits per heavy atom. The molecular formula is C49H47BN2. The first-order valence-corrected chi connectivity index (χ1v) is 19.8. The molecule has 1 fully saturated rings. The summed E-state index contributed by atoms with van der Waals surface area (Å²) in [5.41, 5.74) is 19.1. The highest BCUT2D eigenvalue weighted by Crippen LogP contribution is 2.60. The van der Waals surface area contributed by atoms with Crippen molar-refractivity contribution >= 4 is 46.0 Å². The molecule has 0 spiro atoms. The zero-order chi connectivity index (χ0) is 34.8. The van der Waals surface area contributed by atoms with Gasteiger partial charge in [-0.2, -0.15) is 0 Å². The number of para-hydroxylation sites is 2. The van der Waals surface area contributed by atoms with Crippen LogP contribution >= 0.6 is 0 Å². The molecule has 4 aromatic rings. The van der Waals surface area contributed by atoms with Crippen LogP contribution in [0.15, 0.2) is 162 Å². The summed E-state index contributed by atoms with van der Waals surface area (Å²) >= 11 is 0. The molecule has 1 saturated carbocycles. The zero-order valence-electron chi connectivity index (χ0n) is 30.6. The number of rotatable bonds is 5. The number of nitrogens with zero attached hydrogens (tertiary/aromatic N) is 2. The molecule has 2 nitrogen and oxygen atoms in total. The lowest BCUT2D eigenvalue weighted by atomic mass is 9.30. The first-order valence-electron chi connectivity index (χ1n) is 19.8. The third-order valence-corrected chi connectivity index (χ3v) is 12.6. The van der Waals surface area contributed by atoms with E-state index in [0.29, 0.717) is 5.92 Å². The van der Waals surface area contributed by atoms with Crippen LogP contribution in [0.1, 0.15) is 88.7 Å². The summed E-state index contributed by atoms with van der Waals surface area (Å²) < 4.78 is 0. The summed E-state index contributed by atoms with van der Waals surface area (Å²) in [6, 6.07) is 37.1. The Labute approximate surface area is 310 Å². The smallest absolute Gasteiger partial charge is 0.248 e. The van der Waals surface area contributed by atoms with E-state index in [0.717, 1.165) is 25.7 Å². The molecule has 2 heterocycles. The molecule has 0 bridgehead atoms. The van der Waals surface area contributed by atoms with Gasteiger partial charge in [0.2, 0.25) is 6.71 Å². The molecule has 6 aliphatic rings. The average molecular weight is 675 g/mol. The van der Waals surface area contributed by atoms with Crippen molar-refractivity contribution in [3.8, 4) is 0 Å². The third-order valence-electron chi connectivity index (χ3n) is 12.6. The van der Waals surface area contributed by atoms with Crippen LogP contribution in [0.25, 0.3) is 5.57 Å². The molecule has 4 aromatic carbocycles. The Bertz CT molecular complexity index is 2260. The molecule has 2 aliphatic heterocycles. The molecule has 0 radical (unpaired) electrons. The van der Waals surface area contributed by atoms with Gasteiger partial charge < -0.3 is 9.80 Å². The number of benzene rings is 4. The first kappa shape index (κ1) is 31.7. The highest BCUT2D eigenvalue weighted by molar-refractivity contribution is 6.95. The second-order valence-corrected chi connectivity index (χ2v) is 16.1. The normalized spacial score (nSPS) is 20.5. The molecule has 4 aliphatic carbocycles. The molecular weight excluding hydrogens is 627 g/mol. The number of hydrogen-bond donors (Lipinski definition) is 0. The van der Waals surface area contributed by atoms with E-state index in [4.69, 9.17) is 0 Å². The van der Waals surface area contributed by atoms with Gasteiger partial charge in [0, 0.05) is 45.1 Å². The predicted molar refractivity (Wildman–Crippen MR) is 222 cm³/mol. The molecule has 0 amide bonds. The lowest BCUT2D eigenvalue weighted by Gasteiger charge is -2.47. The number of hydrogen-bond acceptors (Lipinski definition) is 2. The van der Waals surface area contributed by atoms with Crippen molar-refractivity contribution in [2.45, 2.75) is 77.6 Å². The average Bonchev–Trinajstić information content (AvgIpc) is 3.45. The van der Waals surface area contributed by atoms with E-state index in [9.17, 15) is 0 Å². The largest absolute Gasteiger partial charge is 0.312 e. The van der Waals surface area contributed by atoms with Gasteiger partial charge in [-0.3, -0.25) is 0 Å². The van der Waals surface area contributed by atoms with Crippen LogP contribution in [0.5, 0.6) is 0 Å². The molecule has 3 heteroatoms. The highest BCUT2D eigenvalue weighted by Gasteiger charge is 2.54. The highest BCUT2D eigenvalue weighted by atomic mass is 15.2. The second-order valence-electron chi connectivity index (χ2n) is 16.1. The summed E-state index contributed by atoms with van der Waals surface area (Å²) in [4.78, 5) is 5.32. The Hall–Kier alpha value is -5.02. The monoisotopic (exact) mass is 674 g/mol. The van der Waals surface area contributed by atoms with Crippen LogP contribution in [0.2, 0.25) is 0 Å². The van der Waals surface area contributed by atoms with Gasteiger partial charge in [0.15, 0.2) is 0 Å². The van der Waals surface area contributed by atoms with E-state index in [1.807, 2.05) is 0 Å². The van der Waals surface area contributed by atoms with Gasteiger partial charge in [0.1, 0.15) is 0 Å². The summed E-state index contributed by atoms with van der Waals surface area (Å²) in [5, 5.41) is 0. The Balaban J connectivity index is 1.34. The van der Waals surface area contributed by atoms with Crippen LogP contribution in [-0.4, -0.2) is 6.71 Å². The molecule has 256 valence electrons. The zero-order valence-corrected chi connectivity index (χ0v) is 30.6. The number of anilines is 4. The van der Waals surface area contributed by atoms with Crippen LogP contribution in [0.4, 0.5) is 22.7 Å². The first-order chi connectivity index (χ1) is 25.6. The van der Waals surface area contributed by atoms with Crippen molar-refractivity contribution in [3.05, 3.63) is 173 Å². The van der Waals surface area contributed by atoms with Crippen LogP contribution in [0, 0.1) is 5.41 Å². The van der Waals surface area contributed by atoms with E-state index in [-0.39, 0.29) is 12.1 Å². The van der Waals surface area contributed by atoms with Gasteiger partial charge in [-0.1, -0.05) is 136 Å². The molecule has 0 atom stereocenters. The lowest BCUT2D eigenvalue weighted by Crippen LogP contribution is -2.58. The minimum Gasteiger partial charge on any atom is -0.312 e. The standard InChI is InChI=1S/C49H47BN2/c1-49(2)45(36-24-12-5-13-25-36)44(35-22-10-4-11-23-35)47-48(49)50-40-30-18-19-31-41(40)51(38-26-14-6-15-27-38)42-32-37(34-20-8-3-9-21-34)33-43(46(42)50)52(47)39-28-16-7-17-29-39/h4,7,10-12,14,16-19,22-34H,3,5-6,8-9,13,15,20-21H2,1-2H3. The van der Waals surface area contributed by atoms with Gasteiger partial charge >= 0.3 is 0 Å². The topological polar surface area (TPSA) is 6.48 Å². The number of allylic oxidation sites excluding steroid dienone is 10. The van der Waals surface area contributed by atoms with Crippen molar-refractivity contribution in [2.24, 2.45) is 5.41 Å². The van der Waals surface area contributed by atoms with Gasteiger partial charge in [-0.05, 0) is 114 Å². The quantitative estimate of drug-likeness (QED) is 0.194. The SMILES string of the molecule is CC1(C)C2=C(C(c3ccccc3)=C1C1=CCCC=C1)N(c1ccccc1)c1cc(C3CCCCC3)cc3c1B2c1ccccc1N3C1=CCCC=C1. The Morgan fingerprint density at radius 2 is 1.33 bits per heavy atom. The Morgan fingerprint density at radius 1 is 0.654 bits per heavy atom. The summed E-state index contributed by atoms with van der Waals surface area (Å²) in [6.45, 7) is 5.16. The third kappa shape index (κ3) is 4.85. The summed E-state index contributed by atoms with van der Waals surface area (Å²) in [7, 11) is 0. The fraction of sp³-hybridized carbons (Fsp3) is 0.265. The summed E-state index contributed by atoms with van der Waals surface area (Å²) in [6.07, 6.45) is 25.4. The maximum absolute atomic E-state index is 2.69. The second kappa shape index (κ2) is 12.6. The maximum Gasteiger partial charge on any atom is 0.248 e. The molecule has 0 N–H and O–H groups in total. The van der Waals surface area contributed by atoms with E-state index in [2.05, 4.69) is 157 Å². The van der Waals surface area contributed by atoms with Crippen LogP contribution < -0.4 is 20.7 Å². The van der Waals surface area contributed by atoms with Crippen molar-refractivity contribution in [1.82, 2.24) is 0 Å². The van der Waals surface area contributed by atoms with Gasteiger partial charge in [-0.15, -0.1) is 0 Å². The van der Waals surface area contributed by atoms with E-state index >= 15 is 0 Å². The molecule has 10 rings (SSSR count). The number of fused-ring (bicyclic) bond motifs is 3. The predicted octanol–water partition coefficient (Wildman–Crippen LogP) is 11.7. The molecule has 0 aromatic heterocycles. The maximum atomic E-state index is 2.69. The minimum absolute atomic E-state index is 0.125. The lowest BCUT2D eigenvalue weighted by molar-refractivity contribution is 0.444. The summed E-state index contributed by atoms with van der Waals surface area (Å²) in [5.74, 6) is 0.578. The molecule has 0 unspecified atom stereocenters. The minimum atomic E-state index is -0.234. The fourth-order valence-corrected chi connectivity index (χ4v) is 10.4. The van der Waals surface area contributed by atoms with E-state index < -0.39 is 0 Å². The van der Waals surface area contributed by atoms with Crippen molar-refractivity contribution in [3.63, 3.8) is 0 Å². The van der Waals surface area contributed by atoms with Gasteiger partial charge in [0.25, 0.3) is 0 Å². The van der Waals surface area contributed by atoms with Crippen molar-refractivity contribution in [2.75, 3.05) is 9.80 Å². The van der Waals surface area contributed by atoms with Crippen molar-refractivity contribution in [1.29, 1.82) is 0 Å². The fourth-order valence-electron chi connectivity index (χ4n) is 10.4. The van der Waals surface area contributed by atoms with E-state index in [1.165, 1.54) is 110 Å². The van der Waals surface area contributed by atoms with Crippen LogP contribution in [0.3, 0.4) is 0 Å².